The van der Waals surface area contributed by atoms with Gasteiger partial charge in [-0.3, -0.25) is 0 Å². The van der Waals surface area contributed by atoms with Gasteiger partial charge in [0.05, 0.1) is 0 Å². The van der Waals surface area contributed by atoms with E-state index in [1.54, 1.807) is 24.9 Å². The molecule has 4 nitrogen and oxygen atoms in total. The molecule has 0 saturated carbocycles. The Morgan fingerprint density at radius 2 is 1.44 bits per heavy atom. The van der Waals surface area contributed by atoms with Crippen molar-refractivity contribution in [3.05, 3.63) is 34.9 Å². The van der Waals surface area contributed by atoms with Gasteiger partial charge in [0.1, 0.15) is 0 Å². The normalized spacial score (nSPS) is 22.0. The highest BCUT2D eigenvalue weighted by atomic mass is 15.0. The average molecular weight is 210 g/mol. The summed E-state index contributed by atoms with van der Waals surface area (Å²) >= 11 is 0. The molecule has 3 aliphatic rings. The van der Waals surface area contributed by atoms with Gasteiger partial charge in [-0.25, -0.2) is 20.0 Å². The molecular formula is C12H10N4. The third kappa shape index (κ3) is 1.58. The van der Waals surface area contributed by atoms with E-state index in [1.165, 1.54) is 5.57 Å². The summed E-state index contributed by atoms with van der Waals surface area (Å²) in [5.74, 6) is 1.65. The SMILES string of the molecule is C1=CC(=C2N=CC=N2)CC(=C2N=CC=N2)C1. The Hall–Kier alpha value is -2.10. The van der Waals surface area contributed by atoms with Gasteiger partial charge >= 0.3 is 0 Å². The molecule has 1 aliphatic carbocycles. The minimum atomic E-state index is 0.806. The third-order valence-electron chi connectivity index (χ3n) is 2.61. The first-order valence-electron chi connectivity index (χ1n) is 5.18. The lowest BCUT2D eigenvalue weighted by Crippen LogP contribution is -1.96. The zero-order chi connectivity index (χ0) is 10.8. The lowest BCUT2D eigenvalue weighted by Gasteiger charge is -2.12. The van der Waals surface area contributed by atoms with E-state index in [0.717, 1.165) is 30.1 Å². The van der Waals surface area contributed by atoms with Crippen LogP contribution in [0.4, 0.5) is 0 Å². The maximum Gasteiger partial charge on any atom is 0.155 e. The van der Waals surface area contributed by atoms with E-state index in [0.29, 0.717) is 0 Å². The largest absolute Gasteiger partial charge is 0.236 e. The van der Waals surface area contributed by atoms with Crippen molar-refractivity contribution < 1.29 is 0 Å². The number of nitrogens with zero attached hydrogens (tertiary/aromatic N) is 4. The summed E-state index contributed by atoms with van der Waals surface area (Å²) in [6.45, 7) is 0. The standard InChI is InChI=1S/C12H10N4/c1-2-9(11-13-4-5-14-11)8-10(3-1)12-15-6-7-16-12/h1-2,4-7H,3,8H2. The molecule has 0 N–H and O–H groups in total. The van der Waals surface area contributed by atoms with Crippen LogP contribution in [-0.2, 0) is 0 Å². The number of hydrogen-bond donors (Lipinski definition) is 0. The van der Waals surface area contributed by atoms with Gasteiger partial charge in [-0.15, -0.1) is 0 Å². The molecular weight excluding hydrogens is 200 g/mol. The molecule has 78 valence electrons. The first-order valence-corrected chi connectivity index (χ1v) is 5.18. The van der Waals surface area contributed by atoms with Crippen LogP contribution in [0.25, 0.3) is 0 Å². The van der Waals surface area contributed by atoms with Gasteiger partial charge in [0, 0.05) is 36.9 Å². The van der Waals surface area contributed by atoms with E-state index < -0.39 is 0 Å². The van der Waals surface area contributed by atoms with Gasteiger partial charge in [0.15, 0.2) is 11.6 Å². The molecule has 4 heteroatoms. The Balaban J connectivity index is 1.97. The first-order chi connectivity index (χ1) is 7.93. The molecule has 2 aliphatic heterocycles. The molecule has 0 aromatic carbocycles. The number of aliphatic imine (C=N–C) groups is 4. The maximum atomic E-state index is 4.22. The molecule has 0 bridgehead atoms. The molecule has 2 heterocycles. The Kier molecular flexibility index (Phi) is 2.18. The second-order valence-electron chi connectivity index (χ2n) is 3.67. The molecule has 0 aromatic heterocycles. The Labute approximate surface area is 93.2 Å². The van der Waals surface area contributed by atoms with E-state index in [1.807, 2.05) is 0 Å². The quantitative estimate of drug-likeness (QED) is 0.587. The monoisotopic (exact) mass is 210 g/mol. The summed E-state index contributed by atoms with van der Waals surface area (Å²) in [5, 5.41) is 0. The summed E-state index contributed by atoms with van der Waals surface area (Å²) in [6.07, 6.45) is 12.8. The smallest absolute Gasteiger partial charge is 0.155 e. The van der Waals surface area contributed by atoms with E-state index in [2.05, 4.69) is 32.1 Å². The molecule has 0 fully saturated rings. The minimum absolute atomic E-state index is 0.806. The molecule has 0 aromatic rings. The number of hydrogen-bond acceptors (Lipinski definition) is 4. The fourth-order valence-corrected chi connectivity index (χ4v) is 1.86. The molecule has 0 spiro atoms. The predicted molar refractivity (Wildman–Crippen MR) is 66.4 cm³/mol. The zero-order valence-corrected chi connectivity index (χ0v) is 8.67. The van der Waals surface area contributed by atoms with Crippen LogP contribution < -0.4 is 0 Å². The molecule has 0 radical (unpaired) electrons. The summed E-state index contributed by atoms with van der Waals surface area (Å²) < 4.78 is 0. The van der Waals surface area contributed by atoms with Crippen molar-refractivity contribution in [3.8, 4) is 0 Å². The molecule has 0 atom stereocenters. The van der Waals surface area contributed by atoms with Gasteiger partial charge < -0.3 is 0 Å². The van der Waals surface area contributed by atoms with Crippen molar-refractivity contribution in [1.82, 2.24) is 0 Å². The van der Waals surface area contributed by atoms with Crippen LogP contribution in [0.5, 0.6) is 0 Å². The van der Waals surface area contributed by atoms with Crippen LogP contribution in [0.15, 0.2) is 54.9 Å². The second kappa shape index (κ2) is 3.81. The van der Waals surface area contributed by atoms with Crippen LogP contribution in [-0.4, -0.2) is 24.9 Å². The lowest BCUT2D eigenvalue weighted by molar-refractivity contribution is 0.960. The topological polar surface area (TPSA) is 49.4 Å². The Morgan fingerprint density at radius 3 is 2.12 bits per heavy atom. The van der Waals surface area contributed by atoms with E-state index in [-0.39, 0.29) is 0 Å². The van der Waals surface area contributed by atoms with Gasteiger partial charge in [0.2, 0.25) is 0 Å². The summed E-state index contributed by atoms with van der Waals surface area (Å²) in [6, 6.07) is 0. The van der Waals surface area contributed by atoms with Gasteiger partial charge in [-0.05, 0) is 12.0 Å². The second-order valence-corrected chi connectivity index (χ2v) is 3.67. The van der Waals surface area contributed by atoms with Gasteiger partial charge in [0.25, 0.3) is 0 Å². The molecule has 16 heavy (non-hydrogen) atoms. The maximum absolute atomic E-state index is 4.22. The number of allylic oxidation sites excluding steroid dienone is 4. The molecule has 0 unspecified atom stereocenters. The molecule has 0 amide bonds. The summed E-state index contributed by atoms with van der Waals surface area (Å²) in [4.78, 5) is 16.8. The Morgan fingerprint density at radius 1 is 0.812 bits per heavy atom. The zero-order valence-electron chi connectivity index (χ0n) is 8.67. The van der Waals surface area contributed by atoms with Crippen molar-refractivity contribution in [3.63, 3.8) is 0 Å². The van der Waals surface area contributed by atoms with E-state index in [9.17, 15) is 0 Å². The van der Waals surface area contributed by atoms with Gasteiger partial charge in [-0.2, -0.15) is 0 Å². The highest BCUT2D eigenvalue weighted by Gasteiger charge is 2.14. The first kappa shape index (κ1) is 9.15. The fraction of sp³-hybridized carbons (Fsp3) is 0.167. The van der Waals surface area contributed by atoms with Crippen molar-refractivity contribution in [1.29, 1.82) is 0 Å². The van der Waals surface area contributed by atoms with Crippen LogP contribution >= 0.6 is 0 Å². The van der Waals surface area contributed by atoms with Crippen molar-refractivity contribution in [2.45, 2.75) is 12.8 Å². The molecule has 3 rings (SSSR count). The van der Waals surface area contributed by atoms with Crippen LogP contribution in [0.3, 0.4) is 0 Å². The molecule has 0 saturated heterocycles. The highest BCUT2D eigenvalue weighted by molar-refractivity contribution is 6.18. The fourth-order valence-electron chi connectivity index (χ4n) is 1.86. The van der Waals surface area contributed by atoms with Crippen molar-refractivity contribution in [2.24, 2.45) is 20.0 Å². The van der Waals surface area contributed by atoms with E-state index >= 15 is 0 Å². The van der Waals surface area contributed by atoms with Crippen LogP contribution in [0, 0.1) is 0 Å². The Bertz CT molecular complexity index is 499. The van der Waals surface area contributed by atoms with E-state index in [4.69, 9.17) is 0 Å². The van der Waals surface area contributed by atoms with Crippen molar-refractivity contribution >= 4 is 24.9 Å². The number of rotatable bonds is 0. The highest BCUT2D eigenvalue weighted by Crippen LogP contribution is 2.29. The third-order valence-corrected chi connectivity index (χ3v) is 2.61. The minimum Gasteiger partial charge on any atom is -0.236 e. The van der Waals surface area contributed by atoms with Crippen LogP contribution in [0.2, 0.25) is 0 Å². The van der Waals surface area contributed by atoms with Crippen LogP contribution in [0.1, 0.15) is 12.8 Å². The predicted octanol–water partition coefficient (Wildman–Crippen LogP) is 2.07. The summed E-state index contributed by atoms with van der Waals surface area (Å²) in [7, 11) is 0. The van der Waals surface area contributed by atoms with Gasteiger partial charge in [-0.1, -0.05) is 12.2 Å². The lowest BCUT2D eigenvalue weighted by atomic mass is 9.96. The summed E-state index contributed by atoms with van der Waals surface area (Å²) in [5.41, 5.74) is 2.36. The average Bonchev–Trinajstić information content (AvgIpc) is 3.03. The van der Waals surface area contributed by atoms with Crippen molar-refractivity contribution in [2.75, 3.05) is 0 Å².